The number of carbonyl (C=O) groups is 1. The van der Waals surface area contributed by atoms with Crippen molar-refractivity contribution in [2.45, 2.75) is 18.0 Å². The Labute approximate surface area is 202 Å². The molecule has 34 heavy (non-hydrogen) atoms. The van der Waals surface area contributed by atoms with E-state index >= 15 is 0 Å². The second-order valence-corrected chi connectivity index (χ2v) is 9.49. The van der Waals surface area contributed by atoms with E-state index in [1.54, 1.807) is 30.5 Å². The van der Waals surface area contributed by atoms with Crippen molar-refractivity contribution < 1.29 is 4.79 Å². The van der Waals surface area contributed by atoms with Gasteiger partial charge in [0.25, 0.3) is 5.56 Å². The molecule has 7 nitrogen and oxygen atoms in total. The highest BCUT2D eigenvalue weighted by atomic mass is 32.2. The van der Waals surface area contributed by atoms with Gasteiger partial charge in [-0.2, -0.15) is 0 Å². The topological polar surface area (TPSA) is 86.0 Å². The summed E-state index contributed by atoms with van der Waals surface area (Å²) in [7, 11) is 0. The molecule has 0 saturated carbocycles. The number of amides is 1. The predicted molar refractivity (Wildman–Crippen MR) is 137 cm³/mol. The van der Waals surface area contributed by atoms with Gasteiger partial charge in [0.1, 0.15) is 16.1 Å². The summed E-state index contributed by atoms with van der Waals surface area (Å²) >= 11 is 2.75. The van der Waals surface area contributed by atoms with Crippen LogP contribution in [0.4, 0.5) is 0 Å². The predicted octanol–water partition coefficient (Wildman–Crippen LogP) is 3.80. The van der Waals surface area contributed by atoms with Crippen molar-refractivity contribution >= 4 is 49.4 Å². The Morgan fingerprint density at radius 2 is 1.88 bits per heavy atom. The lowest BCUT2D eigenvalue weighted by atomic mass is 10.2. The average Bonchev–Trinajstić information content (AvgIpc) is 3.26. The summed E-state index contributed by atoms with van der Waals surface area (Å²) in [5.41, 5.74) is 0.886. The van der Waals surface area contributed by atoms with Gasteiger partial charge in [-0.1, -0.05) is 36.4 Å². The summed E-state index contributed by atoms with van der Waals surface area (Å²) in [6.07, 6.45) is 3.57. The zero-order valence-corrected chi connectivity index (χ0v) is 19.9. The van der Waals surface area contributed by atoms with Gasteiger partial charge >= 0.3 is 5.69 Å². The fourth-order valence-electron chi connectivity index (χ4n) is 3.86. The Balaban J connectivity index is 1.66. The maximum Gasteiger partial charge on any atom is 0.336 e. The van der Waals surface area contributed by atoms with Crippen molar-refractivity contribution in [1.29, 1.82) is 0 Å². The number of thiophene rings is 1. The molecule has 3 aromatic heterocycles. The first-order chi connectivity index (χ1) is 16.6. The van der Waals surface area contributed by atoms with Crippen LogP contribution in [0.25, 0.3) is 26.1 Å². The molecule has 0 aliphatic carbocycles. The monoisotopic (exact) mass is 488 g/mol. The number of benzene rings is 2. The van der Waals surface area contributed by atoms with Crippen LogP contribution < -0.4 is 16.6 Å². The number of nitrogens with one attached hydrogen (secondary N) is 1. The number of nitrogens with zero attached hydrogens (tertiary/aromatic N) is 3. The van der Waals surface area contributed by atoms with Gasteiger partial charge in [-0.3, -0.25) is 14.2 Å². The van der Waals surface area contributed by atoms with Crippen LogP contribution in [0, 0.1) is 0 Å². The fourth-order valence-corrected chi connectivity index (χ4v) is 5.39. The third-order valence-electron chi connectivity index (χ3n) is 5.48. The van der Waals surface area contributed by atoms with Crippen LogP contribution in [0.3, 0.4) is 0 Å². The summed E-state index contributed by atoms with van der Waals surface area (Å²) in [6, 6.07) is 20.4. The minimum Gasteiger partial charge on any atom is -0.350 e. The smallest absolute Gasteiger partial charge is 0.336 e. The zero-order chi connectivity index (χ0) is 23.7. The first kappa shape index (κ1) is 22.1. The summed E-state index contributed by atoms with van der Waals surface area (Å²) in [4.78, 5) is 46.0. The number of thioether (sulfide) groups is 1. The SMILES string of the molecule is CSc1cccc(-n2c(=O)c3sc4ncccc4c3n(CC(=O)NCc3ccccc3)c2=O)c1. The highest BCUT2D eigenvalue weighted by Gasteiger charge is 2.21. The minimum absolute atomic E-state index is 0.217. The van der Waals surface area contributed by atoms with Crippen LogP contribution in [-0.4, -0.2) is 26.3 Å². The Morgan fingerprint density at radius 1 is 1.06 bits per heavy atom. The molecule has 3 heterocycles. The van der Waals surface area contributed by atoms with Crippen molar-refractivity contribution in [2.75, 3.05) is 6.26 Å². The molecule has 5 rings (SSSR count). The number of pyridine rings is 1. The van der Waals surface area contributed by atoms with E-state index in [-0.39, 0.29) is 12.5 Å². The largest absolute Gasteiger partial charge is 0.350 e. The van der Waals surface area contributed by atoms with Crippen molar-refractivity contribution in [1.82, 2.24) is 19.4 Å². The van der Waals surface area contributed by atoms with E-state index in [4.69, 9.17) is 0 Å². The maximum absolute atomic E-state index is 13.7. The number of carbonyl (C=O) groups excluding carboxylic acids is 1. The van der Waals surface area contributed by atoms with Crippen molar-refractivity contribution in [2.24, 2.45) is 0 Å². The van der Waals surface area contributed by atoms with E-state index in [1.165, 1.54) is 27.7 Å². The van der Waals surface area contributed by atoms with Gasteiger partial charge in [-0.05, 0) is 42.2 Å². The van der Waals surface area contributed by atoms with Crippen LogP contribution in [0.15, 0.2) is 87.4 Å². The zero-order valence-electron chi connectivity index (χ0n) is 18.2. The third-order valence-corrected chi connectivity index (χ3v) is 7.29. The molecule has 0 bridgehead atoms. The first-order valence-corrected chi connectivity index (χ1v) is 12.6. The lowest BCUT2D eigenvalue weighted by Gasteiger charge is -2.13. The highest BCUT2D eigenvalue weighted by molar-refractivity contribution is 7.98. The Morgan fingerprint density at radius 3 is 2.68 bits per heavy atom. The second kappa shape index (κ2) is 9.28. The molecule has 1 N–H and O–H groups in total. The van der Waals surface area contributed by atoms with E-state index < -0.39 is 11.2 Å². The molecule has 5 aromatic rings. The van der Waals surface area contributed by atoms with Gasteiger partial charge < -0.3 is 5.32 Å². The standard InChI is InChI=1S/C25H20N4O3S2/c1-33-18-10-5-9-17(13-18)29-24(31)22-21(19-11-6-12-26-23(19)34-22)28(25(29)32)15-20(30)27-14-16-7-3-2-4-8-16/h2-13H,14-15H2,1H3,(H,27,30). The maximum atomic E-state index is 13.7. The fraction of sp³-hybridized carbons (Fsp3) is 0.120. The molecule has 0 saturated heterocycles. The summed E-state index contributed by atoms with van der Waals surface area (Å²) in [6.45, 7) is 0.129. The number of hydrogen-bond acceptors (Lipinski definition) is 6. The van der Waals surface area contributed by atoms with E-state index in [0.29, 0.717) is 32.7 Å². The van der Waals surface area contributed by atoms with Gasteiger partial charge in [0.15, 0.2) is 0 Å². The van der Waals surface area contributed by atoms with Crippen LogP contribution in [-0.2, 0) is 17.9 Å². The normalized spacial score (nSPS) is 11.2. The number of aromatic nitrogens is 3. The van der Waals surface area contributed by atoms with E-state index in [1.807, 2.05) is 48.7 Å². The van der Waals surface area contributed by atoms with Gasteiger partial charge in [0.2, 0.25) is 5.91 Å². The Bertz CT molecular complexity index is 1640. The van der Waals surface area contributed by atoms with Gasteiger partial charge in [0, 0.05) is 23.0 Å². The summed E-state index contributed by atoms with van der Waals surface area (Å²) in [5.74, 6) is -0.321. The van der Waals surface area contributed by atoms with Crippen LogP contribution in [0.2, 0.25) is 0 Å². The lowest BCUT2D eigenvalue weighted by Crippen LogP contribution is -2.41. The van der Waals surface area contributed by atoms with Crippen LogP contribution >= 0.6 is 23.1 Å². The van der Waals surface area contributed by atoms with Gasteiger partial charge in [-0.25, -0.2) is 14.3 Å². The van der Waals surface area contributed by atoms with Crippen LogP contribution in [0.1, 0.15) is 5.56 Å². The molecule has 0 fully saturated rings. The third kappa shape index (κ3) is 4.04. The average molecular weight is 489 g/mol. The molecule has 1 amide bonds. The molecule has 9 heteroatoms. The second-order valence-electron chi connectivity index (χ2n) is 7.61. The molecule has 0 atom stereocenters. The van der Waals surface area contributed by atoms with E-state index in [9.17, 15) is 14.4 Å². The Kier molecular flexibility index (Phi) is 6.04. The van der Waals surface area contributed by atoms with Crippen molar-refractivity contribution in [3.63, 3.8) is 0 Å². The summed E-state index contributed by atoms with van der Waals surface area (Å²) in [5, 5.41) is 3.55. The van der Waals surface area contributed by atoms with E-state index in [0.717, 1.165) is 15.0 Å². The van der Waals surface area contributed by atoms with Crippen molar-refractivity contribution in [3.05, 3.63) is 99.3 Å². The molecular weight excluding hydrogens is 468 g/mol. The highest BCUT2D eigenvalue weighted by Crippen LogP contribution is 2.29. The molecule has 0 radical (unpaired) electrons. The number of fused-ring (bicyclic) bond motifs is 3. The van der Waals surface area contributed by atoms with Gasteiger partial charge in [0.05, 0.1) is 11.2 Å². The first-order valence-electron chi connectivity index (χ1n) is 10.5. The molecule has 170 valence electrons. The molecule has 2 aromatic carbocycles. The molecule has 0 spiro atoms. The number of rotatable bonds is 6. The lowest BCUT2D eigenvalue weighted by molar-refractivity contribution is -0.121. The van der Waals surface area contributed by atoms with Crippen LogP contribution in [0.5, 0.6) is 0 Å². The van der Waals surface area contributed by atoms with E-state index in [2.05, 4.69) is 10.3 Å². The molecule has 0 aliphatic rings. The Hall–Kier alpha value is -3.69. The molecule has 0 aliphatic heterocycles. The van der Waals surface area contributed by atoms with Gasteiger partial charge in [-0.15, -0.1) is 23.1 Å². The summed E-state index contributed by atoms with van der Waals surface area (Å²) < 4.78 is 2.91. The quantitative estimate of drug-likeness (QED) is 0.368. The minimum atomic E-state index is -0.561. The molecule has 0 unspecified atom stereocenters. The molecular formula is C25H20N4O3S2. The van der Waals surface area contributed by atoms with Crippen molar-refractivity contribution in [3.8, 4) is 5.69 Å². The number of hydrogen-bond donors (Lipinski definition) is 1.